The minimum absolute atomic E-state index is 0.227. The Morgan fingerprint density at radius 3 is 2.76 bits per heavy atom. The summed E-state index contributed by atoms with van der Waals surface area (Å²) in [6, 6.07) is 3.89. The quantitative estimate of drug-likeness (QED) is 0.897. The third-order valence-electron chi connectivity index (χ3n) is 3.03. The van der Waals surface area contributed by atoms with E-state index in [1.54, 1.807) is 13.2 Å². The van der Waals surface area contributed by atoms with E-state index in [1.807, 2.05) is 6.07 Å². The summed E-state index contributed by atoms with van der Waals surface area (Å²) in [5.74, 6) is 0.615. The van der Waals surface area contributed by atoms with Crippen LogP contribution in [0.3, 0.4) is 0 Å². The largest absolute Gasteiger partial charge is 0.495 e. The number of halogens is 2. The minimum Gasteiger partial charge on any atom is -0.495 e. The minimum atomic E-state index is 0.227. The number of nitrogens with one attached hydrogen (secondary N) is 1. The first-order chi connectivity index (χ1) is 8.11. The molecule has 1 saturated heterocycles. The van der Waals surface area contributed by atoms with Crippen molar-refractivity contribution in [3.63, 3.8) is 0 Å². The molecule has 1 N–H and O–H groups in total. The number of benzene rings is 1. The molecule has 1 heterocycles. The SMILES string of the molecule is COc1cc(Cl)c(C2CN(C)CCN2)cc1Cl. The number of likely N-dealkylation sites (N-methyl/N-ethyl adjacent to an activating group) is 1. The molecular weight excluding hydrogens is 259 g/mol. The van der Waals surface area contributed by atoms with Gasteiger partial charge in [0.2, 0.25) is 0 Å². The molecule has 94 valence electrons. The zero-order valence-electron chi connectivity index (χ0n) is 9.96. The number of rotatable bonds is 2. The van der Waals surface area contributed by atoms with E-state index in [9.17, 15) is 0 Å². The Bertz CT molecular complexity index is 412. The molecule has 2 rings (SSSR count). The average Bonchev–Trinajstić information content (AvgIpc) is 2.31. The fourth-order valence-electron chi connectivity index (χ4n) is 2.07. The Balaban J connectivity index is 2.28. The van der Waals surface area contributed by atoms with Crippen LogP contribution in [0.2, 0.25) is 10.0 Å². The average molecular weight is 275 g/mol. The van der Waals surface area contributed by atoms with Crippen LogP contribution in [0.15, 0.2) is 12.1 Å². The summed E-state index contributed by atoms with van der Waals surface area (Å²) < 4.78 is 5.14. The fourth-order valence-corrected chi connectivity index (χ4v) is 2.61. The van der Waals surface area contributed by atoms with Gasteiger partial charge in [-0.15, -0.1) is 0 Å². The summed E-state index contributed by atoms with van der Waals surface area (Å²) in [5, 5.41) is 4.74. The molecule has 1 aromatic rings. The highest BCUT2D eigenvalue weighted by molar-refractivity contribution is 6.34. The third kappa shape index (κ3) is 2.86. The van der Waals surface area contributed by atoms with E-state index in [-0.39, 0.29) is 6.04 Å². The summed E-state index contributed by atoms with van der Waals surface area (Å²) in [4.78, 5) is 2.27. The van der Waals surface area contributed by atoms with Gasteiger partial charge in [-0.2, -0.15) is 0 Å². The number of piperazine rings is 1. The second-order valence-corrected chi connectivity index (χ2v) is 5.09. The molecule has 0 saturated carbocycles. The third-order valence-corrected chi connectivity index (χ3v) is 3.65. The van der Waals surface area contributed by atoms with E-state index < -0.39 is 0 Å². The van der Waals surface area contributed by atoms with Crippen molar-refractivity contribution in [3.8, 4) is 5.75 Å². The Labute approximate surface area is 112 Å². The van der Waals surface area contributed by atoms with Gasteiger partial charge < -0.3 is 15.0 Å². The zero-order chi connectivity index (χ0) is 12.4. The summed E-state index contributed by atoms with van der Waals surface area (Å²) in [6.45, 7) is 2.95. The maximum atomic E-state index is 6.26. The smallest absolute Gasteiger partial charge is 0.138 e. The lowest BCUT2D eigenvalue weighted by Gasteiger charge is -2.31. The van der Waals surface area contributed by atoms with Crippen LogP contribution in [-0.4, -0.2) is 38.7 Å². The predicted molar refractivity (Wildman–Crippen MR) is 71.3 cm³/mol. The number of ether oxygens (including phenoxy) is 1. The van der Waals surface area contributed by atoms with Gasteiger partial charge in [-0.3, -0.25) is 0 Å². The van der Waals surface area contributed by atoms with Crippen molar-refractivity contribution in [2.45, 2.75) is 6.04 Å². The Morgan fingerprint density at radius 2 is 2.12 bits per heavy atom. The number of hydrogen-bond acceptors (Lipinski definition) is 3. The molecule has 0 aromatic heterocycles. The van der Waals surface area contributed by atoms with Gasteiger partial charge in [-0.25, -0.2) is 0 Å². The fraction of sp³-hybridized carbons (Fsp3) is 0.500. The van der Waals surface area contributed by atoms with Gasteiger partial charge in [0.25, 0.3) is 0 Å². The molecule has 17 heavy (non-hydrogen) atoms. The second kappa shape index (κ2) is 5.44. The van der Waals surface area contributed by atoms with Crippen molar-refractivity contribution < 1.29 is 4.74 Å². The van der Waals surface area contributed by atoms with E-state index in [1.165, 1.54) is 0 Å². The Hall–Kier alpha value is -0.480. The van der Waals surface area contributed by atoms with Crippen molar-refractivity contribution in [1.82, 2.24) is 10.2 Å². The van der Waals surface area contributed by atoms with Crippen LogP contribution in [0, 0.1) is 0 Å². The van der Waals surface area contributed by atoms with Crippen molar-refractivity contribution in [2.24, 2.45) is 0 Å². The number of nitrogens with zero attached hydrogens (tertiary/aromatic N) is 1. The standard InChI is InChI=1S/C12H16Cl2N2O/c1-16-4-3-15-11(7-16)8-5-10(14)12(17-2)6-9(8)13/h5-6,11,15H,3-4,7H2,1-2H3. The van der Waals surface area contributed by atoms with Gasteiger partial charge in [0.15, 0.2) is 0 Å². The monoisotopic (exact) mass is 274 g/mol. The molecule has 0 amide bonds. The van der Waals surface area contributed by atoms with Crippen LogP contribution in [0.25, 0.3) is 0 Å². The summed E-state index contributed by atoms with van der Waals surface area (Å²) in [7, 11) is 3.69. The van der Waals surface area contributed by atoms with Crippen LogP contribution >= 0.6 is 23.2 Å². The maximum absolute atomic E-state index is 6.26. The van der Waals surface area contributed by atoms with Crippen LogP contribution in [0.5, 0.6) is 5.75 Å². The van der Waals surface area contributed by atoms with Gasteiger partial charge in [0, 0.05) is 36.8 Å². The Kier molecular flexibility index (Phi) is 4.15. The lowest BCUT2D eigenvalue weighted by Crippen LogP contribution is -2.43. The molecule has 1 aromatic carbocycles. The highest BCUT2D eigenvalue weighted by Gasteiger charge is 2.21. The van der Waals surface area contributed by atoms with Gasteiger partial charge in [-0.1, -0.05) is 23.2 Å². The lowest BCUT2D eigenvalue weighted by atomic mass is 10.0. The van der Waals surface area contributed by atoms with Gasteiger partial charge in [0.1, 0.15) is 5.75 Å². The zero-order valence-corrected chi connectivity index (χ0v) is 11.5. The highest BCUT2D eigenvalue weighted by Crippen LogP contribution is 2.34. The van der Waals surface area contributed by atoms with Crippen LogP contribution in [-0.2, 0) is 0 Å². The van der Waals surface area contributed by atoms with Gasteiger partial charge in [0.05, 0.1) is 12.1 Å². The summed E-state index contributed by atoms with van der Waals surface area (Å²) >= 11 is 12.4. The van der Waals surface area contributed by atoms with Crippen molar-refractivity contribution >= 4 is 23.2 Å². The van der Waals surface area contributed by atoms with Crippen LogP contribution in [0.4, 0.5) is 0 Å². The molecule has 3 nitrogen and oxygen atoms in total. The molecule has 0 bridgehead atoms. The van der Waals surface area contributed by atoms with E-state index in [2.05, 4.69) is 17.3 Å². The number of hydrogen-bond donors (Lipinski definition) is 1. The van der Waals surface area contributed by atoms with Crippen molar-refractivity contribution in [2.75, 3.05) is 33.8 Å². The maximum Gasteiger partial charge on any atom is 0.138 e. The molecule has 5 heteroatoms. The molecule has 1 fully saturated rings. The molecule has 1 atom stereocenters. The normalized spacial score (nSPS) is 21.5. The molecule has 1 unspecified atom stereocenters. The topological polar surface area (TPSA) is 24.5 Å². The van der Waals surface area contributed by atoms with Crippen molar-refractivity contribution in [1.29, 1.82) is 0 Å². The molecule has 0 aliphatic carbocycles. The van der Waals surface area contributed by atoms with Crippen LogP contribution in [0.1, 0.15) is 11.6 Å². The highest BCUT2D eigenvalue weighted by atomic mass is 35.5. The number of methoxy groups -OCH3 is 1. The lowest BCUT2D eigenvalue weighted by molar-refractivity contribution is 0.241. The second-order valence-electron chi connectivity index (χ2n) is 4.28. The molecular formula is C12H16Cl2N2O. The van der Waals surface area contributed by atoms with E-state index >= 15 is 0 Å². The molecule has 1 aliphatic rings. The first kappa shape index (κ1) is 13.0. The molecule has 0 spiro atoms. The first-order valence-corrected chi connectivity index (χ1v) is 6.32. The molecule has 0 radical (unpaired) electrons. The van der Waals surface area contributed by atoms with Gasteiger partial charge in [-0.05, 0) is 18.7 Å². The molecule has 1 aliphatic heterocycles. The van der Waals surface area contributed by atoms with Crippen LogP contribution < -0.4 is 10.1 Å². The van der Waals surface area contributed by atoms with E-state index in [4.69, 9.17) is 27.9 Å². The summed E-state index contributed by atoms with van der Waals surface area (Å²) in [5.41, 5.74) is 1.03. The van der Waals surface area contributed by atoms with Gasteiger partial charge >= 0.3 is 0 Å². The van der Waals surface area contributed by atoms with E-state index in [0.717, 1.165) is 25.2 Å². The van der Waals surface area contributed by atoms with E-state index in [0.29, 0.717) is 15.8 Å². The Morgan fingerprint density at radius 1 is 1.35 bits per heavy atom. The summed E-state index contributed by atoms with van der Waals surface area (Å²) in [6.07, 6.45) is 0. The van der Waals surface area contributed by atoms with Crippen molar-refractivity contribution in [3.05, 3.63) is 27.7 Å². The predicted octanol–water partition coefficient (Wildman–Crippen LogP) is 2.58. The first-order valence-electron chi connectivity index (χ1n) is 5.56.